The highest BCUT2D eigenvalue weighted by Gasteiger charge is 2.18. The van der Waals surface area contributed by atoms with Crippen LogP contribution in [0.4, 0.5) is 5.69 Å². The molecule has 5 nitrogen and oxygen atoms in total. The van der Waals surface area contributed by atoms with E-state index in [1.54, 1.807) is 24.3 Å². The molecular weight excluding hydrogens is 364 g/mol. The number of rotatable bonds is 6. The van der Waals surface area contributed by atoms with Crippen LogP contribution in [0.3, 0.4) is 0 Å². The lowest BCUT2D eigenvalue weighted by Gasteiger charge is -2.09. The average Bonchev–Trinajstić information content (AvgIpc) is 3.17. The fraction of sp³-hybridized carbons (Fsp3) is 0.143. The summed E-state index contributed by atoms with van der Waals surface area (Å²) in [5.41, 5.74) is 2.44. The lowest BCUT2D eigenvalue weighted by atomic mass is 10.1. The molecule has 1 heterocycles. The van der Waals surface area contributed by atoms with E-state index in [0.29, 0.717) is 23.4 Å². The Kier molecular flexibility index (Phi) is 5.94. The topological polar surface area (TPSA) is 71.3 Å². The molecule has 0 saturated heterocycles. The highest BCUT2D eigenvalue weighted by molar-refractivity contribution is 6.34. The Labute approximate surface area is 162 Å². The molecule has 138 valence electrons. The molecule has 0 aliphatic rings. The quantitative estimate of drug-likeness (QED) is 0.630. The number of hydrogen-bond donors (Lipinski definition) is 2. The first kappa shape index (κ1) is 18.7. The fourth-order valence-corrected chi connectivity index (χ4v) is 2.90. The number of nitrogens with one attached hydrogen (secondary N) is 2. The van der Waals surface area contributed by atoms with Crippen LogP contribution in [0, 0.1) is 0 Å². The standard InChI is InChI=1S/C21H19ClN2O3/c1-2-11-23-20(25)17-9-8-15(13-18(17)22)24-21(26)19-16(10-12-27-19)14-6-4-3-5-7-14/h3-10,12-13H,2,11H2,1H3,(H,23,25)(H,24,26). The third-order valence-corrected chi connectivity index (χ3v) is 4.28. The molecular formula is C21H19ClN2O3. The zero-order valence-corrected chi connectivity index (χ0v) is 15.5. The zero-order valence-electron chi connectivity index (χ0n) is 14.8. The third kappa shape index (κ3) is 4.38. The van der Waals surface area contributed by atoms with Gasteiger partial charge in [0.2, 0.25) is 0 Å². The first-order chi connectivity index (χ1) is 13.1. The summed E-state index contributed by atoms with van der Waals surface area (Å²) in [6.07, 6.45) is 2.32. The molecule has 2 N–H and O–H groups in total. The number of carbonyl (C=O) groups is 2. The van der Waals surface area contributed by atoms with E-state index in [-0.39, 0.29) is 16.7 Å². The maximum absolute atomic E-state index is 12.6. The maximum Gasteiger partial charge on any atom is 0.292 e. The minimum absolute atomic E-state index is 0.210. The Morgan fingerprint density at radius 2 is 1.81 bits per heavy atom. The minimum Gasteiger partial charge on any atom is -0.459 e. The molecule has 0 atom stereocenters. The van der Waals surface area contributed by atoms with Gasteiger partial charge >= 0.3 is 0 Å². The van der Waals surface area contributed by atoms with E-state index in [4.69, 9.17) is 16.0 Å². The van der Waals surface area contributed by atoms with E-state index in [1.165, 1.54) is 6.26 Å². The lowest BCUT2D eigenvalue weighted by Crippen LogP contribution is -2.24. The second-order valence-corrected chi connectivity index (χ2v) is 6.34. The molecule has 27 heavy (non-hydrogen) atoms. The monoisotopic (exact) mass is 382 g/mol. The summed E-state index contributed by atoms with van der Waals surface area (Å²) >= 11 is 6.20. The third-order valence-electron chi connectivity index (χ3n) is 3.96. The van der Waals surface area contributed by atoms with E-state index in [2.05, 4.69) is 10.6 Å². The number of benzene rings is 2. The Morgan fingerprint density at radius 1 is 1.04 bits per heavy atom. The summed E-state index contributed by atoms with van der Waals surface area (Å²) in [7, 11) is 0. The molecule has 1 aromatic heterocycles. The van der Waals surface area contributed by atoms with Crippen molar-refractivity contribution in [2.75, 3.05) is 11.9 Å². The van der Waals surface area contributed by atoms with Crippen LogP contribution < -0.4 is 10.6 Å². The van der Waals surface area contributed by atoms with E-state index in [0.717, 1.165) is 12.0 Å². The van der Waals surface area contributed by atoms with Crippen molar-refractivity contribution in [1.82, 2.24) is 5.32 Å². The van der Waals surface area contributed by atoms with E-state index >= 15 is 0 Å². The van der Waals surface area contributed by atoms with E-state index < -0.39 is 5.91 Å². The van der Waals surface area contributed by atoms with Crippen LogP contribution >= 0.6 is 11.6 Å². The van der Waals surface area contributed by atoms with Crippen LogP contribution in [-0.4, -0.2) is 18.4 Å². The van der Waals surface area contributed by atoms with Gasteiger partial charge in [0.15, 0.2) is 5.76 Å². The summed E-state index contributed by atoms with van der Waals surface area (Å²) in [5.74, 6) is -0.419. The van der Waals surface area contributed by atoms with E-state index in [1.807, 2.05) is 37.3 Å². The molecule has 2 aromatic carbocycles. The minimum atomic E-state index is -0.391. The van der Waals surface area contributed by atoms with Crippen LogP contribution in [0.15, 0.2) is 65.3 Å². The predicted octanol–water partition coefficient (Wildman–Crippen LogP) is 4.99. The first-order valence-corrected chi connectivity index (χ1v) is 9.00. The van der Waals surface area contributed by atoms with Gasteiger partial charge in [0.1, 0.15) is 0 Å². The average molecular weight is 383 g/mol. The number of furan rings is 1. The van der Waals surface area contributed by atoms with Crippen LogP contribution in [0.2, 0.25) is 5.02 Å². The van der Waals surface area contributed by atoms with Crippen molar-refractivity contribution < 1.29 is 14.0 Å². The van der Waals surface area contributed by atoms with Crippen molar-refractivity contribution in [3.8, 4) is 11.1 Å². The Hall–Kier alpha value is -3.05. The molecule has 2 amide bonds. The second kappa shape index (κ2) is 8.56. The summed E-state index contributed by atoms with van der Waals surface area (Å²) in [6, 6.07) is 16.0. The molecule has 0 spiro atoms. The van der Waals surface area contributed by atoms with Crippen molar-refractivity contribution in [2.24, 2.45) is 0 Å². The summed E-state index contributed by atoms with van der Waals surface area (Å²) in [4.78, 5) is 24.7. The summed E-state index contributed by atoms with van der Waals surface area (Å²) < 4.78 is 5.38. The first-order valence-electron chi connectivity index (χ1n) is 8.62. The Morgan fingerprint density at radius 3 is 2.52 bits per heavy atom. The Balaban J connectivity index is 1.77. The van der Waals surface area contributed by atoms with Gasteiger partial charge in [-0.05, 0) is 36.2 Å². The fourth-order valence-electron chi connectivity index (χ4n) is 2.63. The predicted molar refractivity (Wildman–Crippen MR) is 106 cm³/mol. The van der Waals surface area contributed by atoms with Crippen molar-refractivity contribution in [3.63, 3.8) is 0 Å². The smallest absolute Gasteiger partial charge is 0.292 e. The SMILES string of the molecule is CCCNC(=O)c1ccc(NC(=O)c2occc2-c2ccccc2)cc1Cl. The highest BCUT2D eigenvalue weighted by Crippen LogP contribution is 2.26. The molecule has 0 unspecified atom stereocenters. The van der Waals surface area contributed by atoms with Crippen LogP contribution in [0.1, 0.15) is 34.3 Å². The largest absolute Gasteiger partial charge is 0.459 e. The van der Waals surface area contributed by atoms with Crippen molar-refractivity contribution in [2.45, 2.75) is 13.3 Å². The molecule has 0 aliphatic carbocycles. The lowest BCUT2D eigenvalue weighted by molar-refractivity contribution is 0.0953. The molecule has 6 heteroatoms. The van der Waals surface area contributed by atoms with Crippen molar-refractivity contribution in [3.05, 3.63) is 77.2 Å². The van der Waals surface area contributed by atoms with Gasteiger partial charge in [0, 0.05) is 17.8 Å². The molecule has 0 bridgehead atoms. The molecule has 0 aliphatic heterocycles. The summed E-state index contributed by atoms with van der Waals surface area (Å²) in [6.45, 7) is 2.55. The summed E-state index contributed by atoms with van der Waals surface area (Å²) in [5, 5.41) is 5.80. The zero-order chi connectivity index (χ0) is 19.2. The number of halogens is 1. The normalized spacial score (nSPS) is 10.4. The Bertz CT molecular complexity index is 951. The number of hydrogen-bond acceptors (Lipinski definition) is 3. The van der Waals surface area contributed by atoms with Crippen LogP contribution in [0.25, 0.3) is 11.1 Å². The molecule has 0 saturated carbocycles. The van der Waals surface area contributed by atoms with Gasteiger partial charge in [-0.25, -0.2) is 0 Å². The van der Waals surface area contributed by atoms with Crippen LogP contribution in [-0.2, 0) is 0 Å². The van der Waals surface area contributed by atoms with Crippen LogP contribution in [0.5, 0.6) is 0 Å². The van der Waals surface area contributed by atoms with Gasteiger partial charge in [-0.3, -0.25) is 9.59 Å². The van der Waals surface area contributed by atoms with Gasteiger partial charge in [0.25, 0.3) is 11.8 Å². The molecule has 3 rings (SSSR count). The van der Waals surface area contributed by atoms with Gasteiger partial charge in [0.05, 0.1) is 16.8 Å². The van der Waals surface area contributed by atoms with Crippen molar-refractivity contribution in [1.29, 1.82) is 0 Å². The van der Waals surface area contributed by atoms with Crippen molar-refractivity contribution >= 4 is 29.1 Å². The number of carbonyl (C=O) groups excluding carboxylic acids is 2. The number of amides is 2. The maximum atomic E-state index is 12.6. The highest BCUT2D eigenvalue weighted by atomic mass is 35.5. The van der Waals surface area contributed by atoms with Gasteiger partial charge in [-0.2, -0.15) is 0 Å². The van der Waals surface area contributed by atoms with E-state index in [9.17, 15) is 9.59 Å². The van der Waals surface area contributed by atoms with Gasteiger partial charge in [-0.1, -0.05) is 48.9 Å². The molecule has 0 radical (unpaired) electrons. The van der Waals surface area contributed by atoms with Gasteiger partial charge in [-0.15, -0.1) is 0 Å². The molecule has 0 fully saturated rings. The second-order valence-electron chi connectivity index (χ2n) is 5.93. The number of anilines is 1. The molecule has 3 aromatic rings. The van der Waals surface area contributed by atoms with Gasteiger partial charge < -0.3 is 15.1 Å².